The SMILES string of the molecule is Cc1cnc(Nc2ccccc2-c2cnco2)nc1Nc1ccc2oc(=O)[nH]c2c1. The molecule has 2 aromatic carbocycles. The highest BCUT2D eigenvalue weighted by Gasteiger charge is 2.11. The summed E-state index contributed by atoms with van der Waals surface area (Å²) in [7, 11) is 0. The number of rotatable bonds is 5. The van der Waals surface area contributed by atoms with Crippen LogP contribution in [0.1, 0.15) is 5.56 Å². The highest BCUT2D eigenvalue weighted by molar-refractivity contribution is 5.79. The Hall–Kier alpha value is -4.40. The fraction of sp³-hybridized carbons (Fsp3) is 0.0476. The first kappa shape index (κ1) is 17.7. The number of benzene rings is 2. The maximum absolute atomic E-state index is 11.4. The van der Waals surface area contributed by atoms with E-state index in [1.54, 1.807) is 24.5 Å². The van der Waals surface area contributed by atoms with Crippen molar-refractivity contribution in [2.24, 2.45) is 0 Å². The molecule has 0 aliphatic heterocycles. The number of anilines is 4. The summed E-state index contributed by atoms with van der Waals surface area (Å²) >= 11 is 0. The molecule has 0 saturated heterocycles. The van der Waals surface area contributed by atoms with Crippen molar-refractivity contribution in [1.29, 1.82) is 0 Å². The second-order valence-corrected chi connectivity index (χ2v) is 6.61. The number of para-hydroxylation sites is 1. The van der Waals surface area contributed by atoms with E-state index < -0.39 is 5.76 Å². The Morgan fingerprint density at radius 2 is 1.97 bits per heavy atom. The van der Waals surface area contributed by atoms with Gasteiger partial charge in [-0.25, -0.2) is 14.8 Å². The second kappa shape index (κ2) is 7.21. The predicted octanol–water partition coefficient (Wildman–Crippen LogP) is 4.36. The lowest BCUT2D eigenvalue weighted by Gasteiger charge is -2.12. The van der Waals surface area contributed by atoms with Crippen LogP contribution in [0.5, 0.6) is 0 Å². The predicted molar refractivity (Wildman–Crippen MR) is 112 cm³/mol. The van der Waals surface area contributed by atoms with Crippen molar-refractivity contribution in [3.8, 4) is 11.3 Å². The third-order valence-corrected chi connectivity index (χ3v) is 4.52. The first-order valence-corrected chi connectivity index (χ1v) is 9.14. The summed E-state index contributed by atoms with van der Waals surface area (Å²) in [5.41, 5.74) is 4.37. The highest BCUT2D eigenvalue weighted by Crippen LogP contribution is 2.30. The van der Waals surface area contributed by atoms with Crippen molar-refractivity contribution < 1.29 is 8.83 Å². The molecule has 0 atom stereocenters. The van der Waals surface area contributed by atoms with E-state index in [4.69, 9.17) is 8.83 Å². The fourth-order valence-electron chi connectivity index (χ4n) is 3.07. The van der Waals surface area contributed by atoms with Crippen molar-refractivity contribution in [3.05, 3.63) is 77.4 Å². The molecule has 9 nitrogen and oxygen atoms in total. The van der Waals surface area contributed by atoms with Crippen molar-refractivity contribution >= 4 is 34.2 Å². The Morgan fingerprint density at radius 1 is 1.07 bits per heavy atom. The van der Waals surface area contributed by atoms with Crippen LogP contribution in [0.15, 0.2) is 74.9 Å². The number of aromatic nitrogens is 4. The number of H-pyrrole nitrogens is 1. The molecule has 5 aromatic rings. The number of nitrogens with one attached hydrogen (secondary N) is 3. The van der Waals surface area contributed by atoms with Gasteiger partial charge in [-0.15, -0.1) is 0 Å². The van der Waals surface area contributed by atoms with Gasteiger partial charge in [0.1, 0.15) is 5.82 Å². The molecule has 148 valence electrons. The van der Waals surface area contributed by atoms with E-state index in [2.05, 4.69) is 30.6 Å². The summed E-state index contributed by atoms with van der Waals surface area (Å²) < 4.78 is 10.5. The Labute approximate surface area is 169 Å². The summed E-state index contributed by atoms with van der Waals surface area (Å²) in [5.74, 6) is 1.21. The molecule has 0 spiro atoms. The van der Waals surface area contributed by atoms with Gasteiger partial charge in [0.2, 0.25) is 5.95 Å². The number of aryl methyl sites for hydroxylation is 1. The van der Waals surface area contributed by atoms with Gasteiger partial charge in [-0.3, -0.25) is 4.98 Å². The largest absolute Gasteiger partial charge is 0.443 e. The van der Waals surface area contributed by atoms with Crippen molar-refractivity contribution in [1.82, 2.24) is 19.9 Å². The maximum Gasteiger partial charge on any atom is 0.417 e. The van der Waals surface area contributed by atoms with Crippen molar-refractivity contribution in [2.75, 3.05) is 10.6 Å². The number of hydrogen-bond donors (Lipinski definition) is 3. The van der Waals surface area contributed by atoms with Crippen LogP contribution >= 0.6 is 0 Å². The van der Waals surface area contributed by atoms with E-state index in [9.17, 15) is 4.79 Å². The summed E-state index contributed by atoms with van der Waals surface area (Å²) in [6.45, 7) is 1.91. The zero-order valence-corrected chi connectivity index (χ0v) is 15.8. The van der Waals surface area contributed by atoms with Crippen LogP contribution in [0.25, 0.3) is 22.4 Å². The van der Waals surface area contributed by atoms with Gasteiger partial charge < -0.3 is 19.5 Å². The number of nitrogens with zero attached hydrogens (tertiary/aromatic N) is 3. The molecule has 0 bridgehead atoms. The Kier molecular flexibility index (Phi) is 4.25. The van der Waals surface area contributed by atoms with Crippen LogP contribution in [-0.4, -0.2) is 19.9 Å². The van der Waals surface area contributed by atoms with Gasteiger partial charge in [0.25, 0.3) is 0 Å². The smallest absolute Gasteiger partial charge is 0.417 e. The quantitative estimate of drug-likeness (QED) is 0.398. The van der Waals surface area contributed by atoms with Gasteiger partial charge in [0.15, 0.2) is 17.7 Å². The van der Waals surface area contributed by atoms with Crippen LogP contribution < -0.4 is 16.4 Å². The van der Waals surface area contributed by atoms with Gasteiger partial charge in [0.05, 0.1) is 17.4 Å². The summed E-state index contributed by atoms with van der Waals surface area (Å²) in [6.07, 6.45) is 4.77. The number of hydrogen-bond acceptors (Lipinski definition) is 8. The fourth-order valence-corrected chi connectivity index (χ4v) is 3.07. The minimum atomic E-state index is -0.489. The molecule has 0 radical (unpaired) electrons. The number of aromatic amines is 1. The average molecular weight is 400 g/mol. The van der Waals surface area contributed by atoms with E-state index in [0.717, 1.165) is 22.5 Å². The Morgan fingerprint density at radius 3 is 2.83 bits per heavy atom. The Balaban J connectivity index is 1.44. The van der Waals surface area contributed by atoms with Crippen LogP contribution in [0.2, 0.25) is 0 Å². The van der Waals surface area contributed by atoms with Gasteiger partial charge in [0, 0.05) is 23.0 Å². The molecule has 9 heteroatoms. The molecule has 3 heterocycles. The third-order valence-electron chi connectivity index (χ3n) is 4.52. The molecule has 3 aromatic heterocycles. The lowest BCUT2D eigenvalue weighted by Crippen LogP contribution is -2.03. The second-order valence-electron chi connectivity index (χ2n) is 6.61. The van der Waals surface area contributed by atoms with E-state index in [-0.39, 0.29) is 0 Å². The monoisotopic (exact) mass is 400 g/mol. The van der Waals surface area contributed by atoms with Crippen LogP contribution in [0, 0.1) is 6.92 Å². The molecular formula is C21H16N6O3. The van der Waals surface area contributed by atoms with Crippen LogP contribution in [-0.2, 0) is 0 Å². The zero-order valence-electron chi connectivity index (χ0n) is 15.8. The zero-order chi connectivity index (χ0) is 20.5. The molecule has 0 amide bonds. The first-order valence-electron chi connectivity index (χ1n) is 9.14. The van der Waals surface area contributed by atoms with Crippen molar-refractivity contribution in [2.45, 2.75) is 6.92 Å². The molecule has 5 rings (SSSR count). The first-order chi connectivity index (χ1) is 14.7. The molecule has 3 N–H and O–H groups in total. The minimum absolute atomic E-state index is 0.424. The molecule has 0 unspecified atom stereocenters. The molecule has 0 aliphatic rings. The van der Waals surface area contributed by atoms with E-state index in [1.165, 1.54) is 6.39 Å². The normalized spacial score (nSPS) is 11.0. The number of fused-ring (bicyclic) bond motifs is 1. The average Bonchev–Trinajstić information content (AvgIpc) is 3.39. The summed E-state index contributed by atoms with van der Waals surface area (Å²) in [5, 5.41) is 6.49. The van der Waals surface area contributed by atoms with Gasteiger partial charge in [-0.1, -0.05) is 12.1 Å². The van der Waals surface area contributed by atoms with Crippen molar-refractivity contribution in [3.63, 3.8) is 0 Å². The van der Waals surface area contributed by atoms with E-state index >= 15 is 0 Å². The highest BCUT2D eigenvalue weighted by atomic mass is 16.4. The molecular weight excluding hydrogens is 384 g/mol. The van der Waals surface area contributed by atoms with Crippen LogP contribution in [0.4, 0.5) is 23.1 Å². The molecule has 30 heavy (non-hydrogen) atoms. The van der Waals surface area contributed by atoms with E-state index in [0.29, 0.717) is 28.6 Å². The van der Waals surface area contributed by atoms with Gasteiger partial charge in [-0.2, -0.15) is 4.98 Å². The summed E-state index contributed by atoms with van der Waals surface area (Å²) in [6, 6.07) is 13.0. The lowest BCUT2D eigenvalue weighted by molar-refractivity contribution is 0.555. The van der Waals surface area contributed by atoms with E-state index in [1.807, 2.05) is 37.3 Å². The van der Waals surface area contributed by atoms with Gasteiger partial charge >= 0.3 is 5.76 Å². The third kappa shape index (κ3) is 3.39. The summed E-state index contributed by atoms with van der Waals surface area (Å²) in [4.78, 5) is 27.0. The molecule has 0 fully saturated rings. The van der Waals surface area contributed by atoms with Gasteiger partial charge in [-0.05, 0) is 37.3 Å². The topological polar surface area (TPSA) is 122 Å². The number of oxazole rings is 2. The minimum Gasteiger partial charge on any atom is -0.443 e. The molecule has 0 saturated carbocycles. The maximum atomic E-state index is 11.4. The Bertz CT molecular complexity index is 1390. The lowest BCUT2D eigenvalue weighted by atomic mass is 10.1. The van der Waals surface area contributed by atoms with Crippen LogP contribution in [0.3, 0.4) is 0 Å². The molecule has 0 aliphatic carbocycles. The standard InChI is InChI=1S/C21H16N6O3/c1-12-9-23-20(25-15-5-3-2-4-14(15)18-10-22-11-29-18)27-19(12)24-13-6-7-17-16(8-13)26-21(28)30-17/h2-11H,1H3,(H,26,28)(H2,23,24,25,27).